The topological polar surface area (TPSA) is 58.4 Å². The zero-order valence-electron chi connectivity index (χ0n) is 6.68. The van der Waals surface area contributed by atoms with E-state index >= 15 is 0 Å². The van der Waals surface area contributed by atoms with E-state index in [1.165, 1.54) is 0 Å². The van der Waals surface area contributed by atoms with Crippen molar-refractivity contribution in [1.29, 1.82) is 0 Å². The molecule has 64 valence electrons. The van der Waals surface area contributed by atoms with Crippen LogP contribution < -0.4 is 11.1 Å². The first-order chi connectivity index (χ1) is 5.34. The molecule has 11 heavy (non-hydrogen) atoms. The number of nitrogens with two attached hydrogens (primary N) is 1. The molecule has 0 aromatic heterocycles. The summed E-state index contributed by atoms with van der Waals surface area (Å²) in [6.45, 7) is 3.95. The first-order valence-electron chi connectivity index (χ1n) is 4.03. The molecule has 4 nitrogen and oxygen atoms in total. The van der Waals surface area contributed by atoms with Crippen molar-refractivity contribution in [1.82, 2.24) is 10.2 Å². The van der Waals surface area contributed by atoms with Crippen LogP contribution in [0.4, 0.5) is 0 Å². The Hall–Kier alpha value is -0.610. The van der Waals surface area contributed by atoms with Gasteiger partial charge in [0.2, 0.25) is 5.91 Å². The number of rotatable bonds is 2. The largest absolute Gasteiger partial charge is 0.340 e. The Labute approximate surface area is 66.7 Å². The second-order valence-corrected chi connectivity index (χ2v) is 2.67. The van der Waals surface area contributed by atoms with Crippen molar-refractivity contribution in [2.75, 3.05) is 32.7 Å². The molecule has 0 spiro atoms. The SMILES string of the molecule is NCCC(=O)N1CCNCC1. The number of nitrogens with one attached hydrogen (secondary N) is 1. The van der Waals surface area contributed by atoms with Gasteiger partial charge >= 0.3 is 0 Å². The normalized spacial score (nSPS) is 18.5. The monoisotopic (exact) mass is 157 g/mol. The van der Waals surface area contributed by atoms with E-state index < -0.39 is 0 Å². The van der Waals surface area contributed by atoms with Crippen molar-refractivity contribution >= 4 is 5.91 Å². The molecule has 1 rings (SSSR count). The van der Waals surface area contributed by atoms with Crippen molar-refractivity contribution in [2.45, 2.75) is 6.42 Å². The lowest BCUT2D eigenvalue weighted by atomic mass is 10.3. The minimum atomic E-state index is 0.189. The Kier molecular flexibility index (Phi) is 3.32. The zero-order chi connectivity index (χ0) is 8.10. The van der Waals surface area contributed by atoms with E-state index in [4.69, 9.17) is 5.73 Å². The number of hydrogen-bond acceptors (Lipinski definition) is 3. The number of carbonyl (C=O) groups excluding carboxylic acids is 1. The van der Waals surface area contributed by atoms with Gasteiger partial charge in [-0.3, -0.25) is 4.79 Å². The third kappa shape index (κ3) is 2.48. The fourth-order valence-corrected chi connectivity index (χ4v) is 1.20. The molecule has 1 saturated heterocycles. The lowest BCUT2D eigenvalue weighted by molar-refractivity contribution is -0.131. The van der Waals surface area contributed by atoms with Crippen LogP contribution in [-0.2, 0) is 4.79 Å². The number of amides is 1. The van der Waals surface area contributed by atoms with Gasteiger partial charge in [0.25, 0.3) is 0 Å². The van der Waals surface area contributed by atoms with Crippen LogP contribution in [0.25, 0.3) is 0 Å². The quantitative estimate of drug-likeness (QED) is 0.527. The maximum Gasteiger partial charge on any atom is 0.223 e. The van der Waals surface area contributed by atoms with Gasteiger partial charge in [-0.1, -0.05) is 0 Å². The molecule has 0 bridgehead atoms. The molecule has 0 atom stereocenters. The molecule has 1 aliphatic heterocycles. The third-order valence-electron chi connectivity index (χ3n) is 1.83. The zero-order valence-corrected chi connectivity index (χ0v) is 6.68. The number of nitrogens with zero attached hydrogens (tertiary/aromatic N) is 1. The van der Waals surface area contributed by atoms with E-state index in [-0.39, 0.29) is 5.91 Å². The predicted molar refractivity (Wildman–Crippen MR) is 43.1 cm³/mol. The van der Waals surface area contributed by atoms with Gasteiger partial charge in [0, 0.05) is 39.1 Å². The smallest absolute Gasteiger partial charge is 0.223 e. The van der Waals surface area contributed by atoms with Gasteiger partial charge < -0.3 is 16.0 Å². The van der Waals surface area contributed by atoms with E-state index in [9.17, 15) is 4.79 Å². The number of hydrogen-bond donors (Lipinski definition) is 2. The van der Waals surface area contributed by atoms with Crippen molar-refractivity contribution in [3.05, 3.63) is 0 Å². The van der Waals surface area contributed by atoms with E-state index in [1.54, 1.807) is 0 Å². The summed E-state index contributed by atoms with van der Waals surface area (Å²) in [5.74, 6) is 0.189. The summed E-state index contributed by atoms with van der Waals surface area (Å²) < 4.78 is 0. The van der Waals surface area contributed by atoms with Crippen LogP contribution in [0, 0.1) is 0 Å². The average molecular weight is 157 g/mol. The molecule has 1 aliphatic rings. The molecule has 1 heterocycles. The first-order valence-corrected chi connectivity index (χ1v) is 4.03. The molecule has 0 unspecified atom stereocenters. The molecule has 1 amide bonds. The summed E-state index contributed by atoms with van der Waals surface area (Å²) in [4.78, 5) is 13.1. The molecule has 0 aromatic carbocycles. The second kappa shape index (κ2) is 4.31. The third-order valence-corrected chi connectivity index (χ3v) is 1.83. The highest BCUT2D eigenvalue weighted by Crippen LogP contribution is 1.95. The van der Waals surface area contributed by atoms with Crippen LogP contribution in [-0.4, -0.2) is 43.5 Å². The molecule has 1 fully saturated rings. The Balaban J connectivity index is 2.27. The molecular formula is C7H15N3O. The minimum Gasteiger partial charge on any atom is -0.340 e. The van der Waals surface area contributed by atoms with Crippen LogP contribution in [0.15, 0.2) is 0 Å². The summed E-state index contributed by atoms with van der Waals surface area (Å²) in [7, 11) is 0. The Bertz CT molecular complexity index is 132. The van der Waals surface area contributed by atoms with Gasteiger partial charge in [-0.2, -0.15) is 0 Å². The van der Waals surface area contributed by atoms with E-state index in [0.717, 1.165) is 26.2 Å². The van der Waals surface area contributed by atoms with Crippen molar-refractivity contribution in [2.24, 2.45) is 5.73 Å². The summed E-state index contributed by atoms with van der Waals surface area (Å²) in [5, 5.41) is 3.19. The van der Waals surface area contributed by atoms with Crippen LogP contribution >= 0.6 is 0 Å². The molecule has 0 radical (unpaired) electrons. The number of piperazine rings is 1. The summed E-state index contributed by atoms with van der Waals surface area (Å²) in [6, 6.07) is 0. The van der Waals surface area contributed by atoms with Crippen LogP contribution in [0.5, 0.6) is 0 Å². The van der Waals surface area contributed by atoms with E-state index in [1.807, 2.05) is 4.90 Å². The fourth-order valence-electron chi connectivity index (χ4n) is 1.20. The highest BCUT2D eigenvalue weighted by atomic mass is 16.2. The van der Waals surface area contributed by atoms with Gasteiger partial charge in [0.05, 0.1) is 0 Å². The summed E-state index contributed by atoms with van der Waals surface area (Å²) >= 11 is 0. The molecule has 0 aliphatic carbocycles. The highest BCUT2D eigenvalue weighted by molar-refractivity contribution is 5.76. The maximum absolute atomic E-state index is 11.2. The van der Waals surface area contributed by atoms with Crippen molar-refractivity contribution in [3.8, 4) is 0 Å². The Morgan fingerprint density at radius 2 is 2.09 bits per heavy atom. The van der Waals surface area contributed by atoms with Gasteiger partial charge in [-0.05, 0) is 0 Å². The molecule has 4 heteroatoms. The average Bonchev–Trinajstić information content (AvgIpc) is 2.07. The van der Waals surface area contributed by atoms with Gasteiger partial charge in [0.15, 0.2) is 0 Å². The van der Waals surface area contributed by atoms with Crippen molar-refractivity contribution in [3.63, 3.8) is 0 Å². The lowest BCUT2D eigenvalue weighted by Crippen LogP contribution is -2.46. The van der Waals surface area contributed by atoms with Crippen LogP contribution in [0.1, 0.15) is 6.42 Å². The van der Waals surface area contributed by atoms with Crippen LogP contribution in [0.2, 0.25) is 0 Å². The van der Waals surface area contributed by atoms with Crippen LogP contribution in [0.3, 0.4) is 0 Å². The fraction of sp³-hybridized carbons (Fsp3) is 0.857. The minimum absolute atomic E-state index is 0.189. The molecule has 0 saturated carbocycles. The molecular weight excluding hydrogens is 142 g/mol. The summed E-state index contributed by atoms with van der Waals surface area (Å²) in [6.07, 6.45) is 0.486. The standard InChI is InChI=1S/C7H15N3O/c8-2-1-7(11)10-5-3-9-4-6-10/h9H,1-6,8H2. The highest BCUT2D eigenvalue weighted by Gasteiger charge is 2.14. The van der Waals surface area contributed by atoms with Gasteiger partial charge in [-0.15, -0.1) is 0 Å². The number of carbonyl (C=O) groups is 1. The van der Waals surface area contributed by atoms with E-state index in [2.05, 4.69) is 5.32 Å². The maximum atomic E-state index is 11.2. The molecule has 0 aromatic rings. The van der Waals surface area contributed by atoms with Gasteiger partial charge in [0.1, 0.15) is 0 Å². The first kappa shape index (κ1) is 8.49. The second-order valence-electron chi connectivity index (χ2n) is 2.67. The predicted octanol–water partition coefficient (Wildman–Crippen LogP) is -1.23. The summed E-state index contributed by atoms with van der Waals surface area (Å²) in [5.41, 5.74) is 5.27. The van der Waals surface area contributed by atoms with Crippen molar-refractivity contribution < 1.29 is 4.79 Å². The Morgan fingerprint density at radius 1 is 1.45 bits per heavy atom. The Morgan fingerprint density at radius 3 is 2.64 bits per heavy atom. The van der Waals surface area contributed by atoms with Gasteiger partial charge in [-0.25, -0.2) is 0 Å². The van der Waals surface area contributed by atoms with E-state index in [0.29, 0.717) is 13.0 Å². The lowest BCUT2D eigenvalue weighted by Gasteiger charge is -2.27. The molecule has 3 N–H and O–H groups in total.